The van der Waals surface area contributed by atoms with E-state index in [9.17, 15) is 18.0 Å². The number of rotatable bonds is 7. The molecule has 1 aliphatic rings. The molecule has 9 heteroatoms. The average Bonchev–Trinajstić information content (AvgIpc) is 3.01. The number of methoxy groups -OCH3 is 1. The highest BCUT2D eigenvalue weighted by atomic mass is 32.2. The van der Waals surface area contributed by atoms with E-state index in [0.717, 1.165) is 4.90 Å². The molecule has 0 radical (unpaired) electrons. The zero-order chi connectivity index (χ0) is 20.3. The largest absolute Gasteiger partial charge is 0.495 e. The number of carbonyl (C=O) groups excluding carboxylic acids is 2. The van der Waals surface area contributed by atoms with E-state index >= 15 is 0 Å². The van der Waals surface area contributed by atoms with Crippen molar-refractivity contribution in [2.75, 3.05) is 23.3 Å². The van der Waals surface area contributed by atoms with E-state index < -0.39 is 21.8 Å². The number of carbonyl (C=O) groups is 2. The third kappa shape index (κ3) is 3.94. The summed E-state index contributed by atoms with van der Waals surface area (Å²) in [5.74, 6) is 0.0847. The van der Waals surface area contributed by atoms with E-state index in [-0.39, 0.29) is 29.2 Å². The van der Waals surface area contributed by atoms with Gasteiger partial charge in [0.15, 0.2) is 0 Å². The van der Waals surface area contributed by atoms with E-state index in [1.54, 1.807) is 24.3 Å². The van der Waals surface area contributed by atoms with Gasteiger partial charge in [-0.15, -0.1) is 0 Å². The molecule has 8 nitrogen and oxygen atoms in total. The van der Waals surface area contributed by atoms with Crippen LogP contribution in [0.25, 0.3) is 0 Å². The fourth-order valence-corrected chi connectivity index (χ4v) is 3.94. The lowest BCUT2D eigenvalue weighted by Gasteiger charge is -2.18. The van der Waals surface area contributed by atoms with E-state index in [1.165, 1.54) is 25.3 Å². The minimum atomic E-state index is -3.95. The number of hydrogen-bond donors (Lipinski definition) is 1. The standard InChI is InChI=1S/C19H20N2O6S/c1-3-27-14-6-4-13(5-7-14)20-28(24,25)15-8-9-17(26-2)16(12-15)21-18(22)10-11-19(21)23/h4-9,12,20H,3,10-11H2,1-2H3. The molecule has 1 aliphatic heterocycles. The lowest BCUT2D eigenvalue weighted by molar-refractivity contribution is -0.121. The molecule has 0 atom stereocenters. The smallest absolute Gasteiger partial charge is 0.261 e. The van der Waals surface area contributed by atoms with E-state index in [1.807, 2.05) is 6.92 Å². The number of sulfonamides is 1. The zero-order valence-corrected chi connectivity index (χ0v) is 16.3. The molecule has 0 saturated carbocycles. The normalized spacial score (nSPS) is 14.3. The van der Waals surface area contributed by atoms with Gasteiger partial charge in [0.1, 0.15) is 11.5 Å². The third-order valence-corrected chi connectivity index (χ3v) is 5.55. The molecule has 1 fully saturated rings. The van der Waals surface area contributed by atoms with Crippen LogP contribution in [0, 0.1) is 0 Å². The summed E-state index contributed by atoms with van der Waals surface area (Å²) < 4.78 is 38.5. The predicted molar refractivity (Wildman–Crippen MR) is 103 cm³/mol. The van der Waals surface area contributed by atoms with Gasteiger partial charge in [0.2, 0.25) is 11.8 Å². The van der Waals surface area contributed by atoms with Crippen LogP contribution in [-0.4, -0.2) is 33.9 Å². The Kier molecular flexibility index (Phi) is 5.55. The minimum Gasteiger partial charge on any atom is -0.495 e. The van der Waals surface area contributed by atoms with Crippen molar-refractivity contribution in [3.05, 3.63) is 42.5 Å². The van der Waals surface area contributed by atoms with Gasteiger partial charge >= 0.3 is 0 Å². The molecular weight excluding hydrogens is 384 g/mol. The van der Waals surface area contributed by atoms with E-state index in [0.29, 0.717) is 18.0 Å². The summed E-state index contributed by atoms with van der Waals surface area (Å²) in [4.78, 5) is 25.0. The summed E-state index contributed by atoms with van der Waals surface area (Å²) in [6.07, 6.45) is 0.173. The van der Waals surface area contributed by atoms with Crippen molar-refractivity contribution in [2.24, 2.45) is 0 Å². The predicted octanol–water partition coefficient (Wildman–Crippen LogP) is 2.55. The molecule has 1 heterocycles. The van der Waals surface area contributed by atoms with Crippen LogP contribution in [0.3, 0.4) is 0 Å². The Morgan fingerprint density at radius 3 is 2.25 bits per heavy atom. The van der Waals surface area contributed by atoms with Gasteiger partial charge in [-0.25, -0.2) is 13.3 Å². The highest BCUT2D eigenvalue weighted by Gasteiger charge is 2.33. The fraction of sp³-hybridized carbons (Fsp3) is 0.263. The molecule has 0 spiro atoms. The lowest BCUT2D eigenvalue weighted by Crippen LogP contribution is -2.29. The van der Waals surface area contributed by atoms with Crippen LogP contribution in [0.1, 0.15) is 19.8 Å². The second kappa shape index (κ2) is 7.89. The number of amides is 2. The first kappa shape index (κ1) is 19.7. The van der Waals surface area contributed by atoms with Crippen LogP contribution in [-0.2, 0) is 19.6 Å². The molecule has 148 valence electrons. The van der Waals surface area contributed by atoms with Crippen LogP contribution < -0.4 is 19.1 Å². The highest BCUT2D eigenvalue weighted by Crippen LogP contribution is 2.34. The molecule has 2 aromatic carbocycles. The van der Waals surface area contributed by atoms with Crippen molar-refractivity contribution < 1.29 is 27.5 Å². The molecule has 1 saturated heterocycles. The molecule has 3 rings (SSSR count). The summed E-state index contributed by atoms with van der Waals surface area (Å²) in [6, 6.07) is 10.5. The Labute approximate surface area is 163 Å². The van der Waals surface area contributed by atoms with Crippen LogP contribution in [0.15, 0.2) is 47.4 Å². The van der Waals surface area contributed by atoms with Gasteiger partial charge in [-0.05, 0) is 49.4 Å². The number of anilines is 2. The van der Waals surface area contributed by atoms with Crippen molar-refractivity contribution in [3.8, 4) is 11.5 Å². The topological polar surface area (TPSA) is 102 Å². The van der Waals surface area contributed by atoms with Gasteiger partial charge in [0.25, 0.3) is 10.0 Å². The average molecular weight is 404 g/mol. The number of nitrogens with one attached hydrogen (secondary N) is 1. The first-order valence-electron chi connectivity index (χ1n) is 8.65. The summed E-state index contributed by atoms with van der Waals surface area (Å²) in [7, 11) is -2.56. The quantitative estimate of drug-likeness (QED) is 0.712. The number of nitrogens with zero attached hydrogens (tertiary/aromatic N) is 1. The molecule has 1 N–H and O–H groups in total. The monoisotopic (exact) mass is 404 g/mol. The van der Waals surface area contributed by atoms with Crippen molar-refractivity contribution >= 4 is 33.2 Å². The fourth-order valence-electron chi connectivity index (χ4n) is 2.86. The highest BCUT2D eigenvalue weighted by molar-refractivity contribution is 7.92. The lowest BCUT2D eigenvalue weighted by atomic mass is 10.2. The van der Waals surface area contributed by atoms with Crippen LogP contribution in [0.4, 0.5) is 11.4 Å². The van der Waals surface area contributed by atoms with E-state index in [4.69, 9.17) is 9.47 Å². The maximum Gasteiger partial charge on any atom is 0.261 e. The summed E-state index contributed by atoms with van der Waals surface area (Å²) in [5, 5.41) is 0. The first-order valence-corrected chi connectivity index (χ1v) is 10.1. The molecule has 28 heavy (non-hydrogen) atoms. The second-order valence-electron chi connectivity index (χ2n) is 6.02. The molecular formula is C19H20N2O6S. The van der Waals surface area contributed by atoms with E-state index in [2.05, 4.69) is 4.72 Å². The molecule has 0 unspecified atom stereocenters. The van der Waals surface area contributed by atoms with Crippen LogP contribution in [0.2, 0.25) is 0 Å². The Bertz CT molecular complexity index is 986. The molecule has 0 aromatic heterocycles. The Balaban J connectivity index is 1.92. The summed E-state index contributed by atoms with van der Waals surface area (Å²) in [6.45, 7) is 2.36. The van der Waals surface area contributed by atoms with Gasteiger partial charge < -0.3 is 9.47 Å². The van der Waals surface area contributed by atoms with Crippen molar-refractivity contribution in [2.45, 2.75) is 24.7 Å². The van der Waals surface area contributed by atoms with Crippen molar-refractivity contribution in [1.82, 2.24) is 0 Å². The molecule has 0 bridgehead atoms. The number of hydrogen-bond acceptors (Lipinski definition) is 6. The number of ether oxygens (including phenoxy) is 2. The SMILES string of the molecule is CCOc1ccc(NS(=O)(=O)c2ccc(OC)c(N3C(=O)CCC3=O)c2)cc1. The van der Waals surface area contributed by atoms with Gasteiger partial charge in [-0.1, -0.05) is 0 Å². The zero-order valence-electron chi connectivity index (χ0n) is 15.5. The maximum absolute atomic E-state index is 12.8. The van der Waals surface area contributed by atoms with Crippen molar-refractivity contribution in [3.63, 3.8) is 0 Å². The Morgan fingerprint density at radius 1 is 1.04 bits per heavy atom. The van der Waals surface area contributed by atoms with Crippen LogP contribution in [0.5, 0.6) is 11.5 Å². The molecule has 2 amide bonds. The minimum absolute atomic E-state index is 0.0867. The maximum atomic E-state index is 12.8. The summed E-state index contributed by atoms with van der Waals surface area (Å²) in [5.41, 5.74) is 0.471. The Morgan fingerprint density at radius 2 is 1.68 bits per heavy atom. The molecule has 2 aromatic rings. The third-order valence-electron chi connectivity index (χ3n) is 4.17. The van der Waals surface area contributed by atoms with Crippen LogP contribution >= 0.6 is 0 Å². The number of benzene rings is 2. The summed E-state index contributed by atoms with van der Waals surface area (Å²) >= 11 is 0. The Hall–Kier alpha value is -3.07. The van der Waals surface area contributed by atoms with Gasteiger partial charge in [0.05, 0.1) is 24.3 Å². The van der Waals surface area contributed by atoms with Gasteiger partial charge in [0, 0.05) is 18.5 Å². The van der Waals surface area contributed by atoms with Gasteiger partial charge in [-0.3, -0.25) is 14.3 Å². The number of imide groups is 1. The second-order valence-corrected chi connectivity index (χ2v) is 7.70. The first-order chi connectivity index (χ1) is 13.4. The molecule has 0 aliphatic carbocycles. The van der Waals surface area contributed by atoms with Gasteiger partial charge in [-0.2, -0.15) is 0 Å². The van der Waals surface area contributed by atoms with Crippen molar-refractivity contribution in [1.29, 1.82) is 0 Å².